The lowest BCUT2D eigenvalue weighted by atomic mass is 9.81. The lowest BCUT2D eigenvalue weighted by Gasteiger charge is -2.23. The Balaban J connectivity index is 2.33. The van der Waals surface area contributed by atoms with Gasteiger partial charge in [-0.25, -0.2) is 0 Å². The number of carbonyl (C=O) groups excluding carboxylic acids is 3. The summed E-state index contributed by atoms with van der Waals surface area (Å²) in [4.78, 5) is 35.2. The zero-order chi connectivity index (χ0) is 12.0. The van der Waals surface area contributed by atoms with Crippen LogP contribution < -0.4 is 0 Å². The molecule has 0 aromatic rings. The zero-order valence-electron chi connectivity index (χ0n) is 9.37. The second-order valence-corrected chi connectivity index (χ2v) is 4.62. The van der Waals surface area contributed by atoms with Crippen molar-refractivity contribution in [1.29, 1.82) is 0 Å². The van der Waals surface area contributed by atoms with Gasteiger partial charge in [-0.05, 0) is 19.3 Å². The number of hydrogen-bond acceptors (Lipinski definition) is 5. The monoisotopic (exact) mass is 226 g/mol. The van der Waals surface area contributed by atoms with E-state index in [9.17, 15) is 14.4 Å². The third-order valence-electron chi connectivity index (χ3n) is 3.90. The van der Waals surface area contributed by atoms with Gasteiger partial charge in [0.05, 0.1) is 19.6 Å². The summed E-state index contributed by atoms with van der Waals surface area (Å²) in [5.41, 5.74) is -1.86. The predicted molar refractivity (Wildman–Crippen MR) is 52.4 cm³/mol. The number of esters is 2. The number of ketones is 1. The van der Waals surface area contributed by atoms with Gasteiger partial charge < -0.3 is 9.47 Å². The van der Waals surface area contributed by atoms with Gasteiger partial charge in [-0.1, -0.05) is 0 Å². The van der Waals surface area contributed by atoms with Crippen LogP contribution in [0, 0.1) is 10.8 Å². The Labute approximate surface area is 93.1 Å². The lowest BCUT2D eigenvalue weighted by Crippen LogP contribution is -2.35. The lowest BCUT2D eigenvalue weighted by molar-refractivity contribution is -0.157. The molecular weight excluding hydrogens is 212 g/mol. The molecule has 0 spiro atoms. The number of hydrogen-bond donors (Lipinski definition) is 0. The number of rotatable bonds is 2. The van der Waals surface area contributed by atoms with Crippen molar-refractivity contribution in [3.05, 3.63) is 0 Å². The van der Waals surface area contributed by atoms with Crippen molar-refractivity contribution >= 4 is 17.7 Å². The van der Waals surface area contributed by atoms with Crippen molar-refractivity contribution in [1.82, 2.24) is 0 Å². The van der Waals surface area contributed by atoms with Crippen molar-refractivity contribution < 1.29 is 23.9 Å². The van der Waals surface area contributed by atoms with Crippen LogP contribution >= 0.6 is 0 Å². The van der Waals surface area contributed by atoms with E-state index in [2.05, 4.69) is 4.74 Å². The van der Waals surface area contributed by atoms with Crippen LogP contribution in [0.5, 0.6) is 0 Å². The molecule has 2 saturated carbocycles. The fourth-order valence-electron chi connectivity index (χ4n) is 3.02. The second-order valence-electron chi connectivity index (χ2n) is 4.62. The normalized spacial score (nSPS) is 36.2. The Morgan fingerprint density at radius 3 is 2.25 bits per heavy atom. The number of carbonyl (C=O) groups is 3. The van der Waals surface area contributed by atoms with E-state index in [0.29, 0.717) is 12.8 Å². The minimum Gasteiger partial charge on any atom is -0.469 e. The molecule has 0 aliphatic heterocycles. The molecule has 2 fully saturated rings. The molecule has 0 amide bonds. The first-order chi connectivity index (χ1) is 7.50. The fraction of sp³-hybridized carbons (Fsp3) is 0.727. The van der Waals surface area contributed by atoms with Gasteiger partial charge in [0.2, 0.25) is 0 Å². The van der Waals surface area contributed by atoms with Crippen LogP contribution in [-0.2, 0) is 23.9 Å². The molecule has 2 unspecified atom stereocenters. The maximum atomic E-state index is 11.9. The van der Waals surface area contributed by atoms with Crippen LogP contribution in [0.3, 0.4) is 0 Å². The van der Waals surface area contributed by atoms with E-state index < -0.39 is 16.8 Å². The summed E-state index contributed by atoms with van der Waals surface area (Å²) in [6.45, 7) is 0. The first-order valence-corrected chi connectivity index (χ1v) is 5.21. The molecule has 5 nitrogen and oxygen atoms in total. The van der Waals surface area contributed by atoms with Gasteiger partial charge in [0.15, 0.2) is 5.78 Å². The third kappa shape index (κ3) is 1.14. The minimum atomic E-state index is -1.08. The Morgan fingerprint density at radius 2 is 1.75 bits per heavy atom. The van der Waals surface area contributed by atoms with E-state index in [1.807, 2.05) is 0 Å². The largest absolute Gasteiger partial charge is 0.469 e. The molecule has 5 heteroatoms. The van der Waals surface area contributed by atoms with Gasteiger partial charge in [-0.3, -0.25) is 14.4 Å². The van der Waals surface area contributed by atoms with E-state index in [0.717, 1.165) is 0 Å². The maximum absolute atomic E-state index is 11.9. The van der Waals surface area contributed by atoms with Gasteiger partial charge >= 0.3 is 11.9 Å². The number of Topliss-reactive ketones (excluding diaryl/α,β-unsaturated/α-hetero) is 1. The van der Waals surface area contributed by atoms with Crippen molar-refractivity contribution in [2.45, 2.75) is 25.7 Å². The molecule has 16 heavy (non-hydrogen) atoms. The molecule has 2 aliphatic rings. The van der Waals surface area contributed by atoms with Crippen molar-refractivity contribution in [2.75, 3.05) is 14.2 Å². The first-order valence-electron chi connectivity index (χ1n) is 5.21. The molecule has 2 bridgehead atoms. The van der Waals surface area contributed by atoms with E-state index in [1.165, 1.54) is 14.2 Å². The predicted octanol–water partition coefficient (Wildman–Crippen LogP) is 0.462. The van der Waals surface area contributed by atoms with Gasteiger partial charge in [-0.15, -0.1) is 0 Å². The standard InChI is InChI=1S/C11H14O5/c1-15-8(13)10-3-4-11(6-10,7(12)5-10)9(14)16-2/h3-6H2,1-2H3. The highest BCUT2D eigenvalue weighted by atomic mass is 16.5. The smallest absolute Gasteiger partial charge is 0.319 e. The fourth-order valence-corrected chi connectivity index (χ4v) is 3.02. The van der Waals surface area contributed by atoms with Crippen LogP contribution in [-0.4, -0.2) is 31.9 Å². The quantitative estimate of drug-likeness (QED) is 0.505. The minimum absolute atomic E-state index is 0.106. The van der Waals surface area contributed by atoms with Crippen LogP contribution in [0.2, 0.25) is 0 Å². The Bertz CT molecular complexity index is 375. The highest BCUT2D eigenvalue weighted by Crippen LogP contribution is 2.60. The summed E-state index contributed by atoms with van der Waals surface area (Å²) < 4.78 is 9.39. The molecule has 0 aromatic heterocycles. The van der Waals surface area contributed by atoms with Crippen molar-refractivity contribution in [3.8, 4) is 0 Å². The summed E-state index contributed by atoms with van der Waals surface area (Å²) in [6, 6.07) is 0. The van der Waals surface area contributed by atoms with Crippen LogP contribution in [0.15, 0.2) is 0 Å². The summed E-state index contributed by atoms with van der Waals surface area (Å²) in [5, 5.41) is 0. The average molecular weight is 226 g/mol. The summed E-state index contributed by atoms with van der Waals surface area (Å²) in [7, 11) is 2.57. The van der Waals surface area contributed by atoms with E-state index in [1.54, 1.807) is 0 Å². The van der Waals surface area contributed by atoms with Gasteiger partial charge in [0.1, 0.15) is 5.41 Å². The highest BCUT2D eigenvalue weighted by Gasteiger charge is 2.67. The summed E-state index contributed by atoms with van der Waals surface area (Å²) >= 11 is 0. The van der Waals surface area contributed by atoms with Crippen LogP contribution in [0.1, 0.15) is 25.7 Å². The Kier molecular flexibility index (Phi) is 2.29. The Hall–Kier alpha value is -1.39. The van der Waals surface area contributed by atoms with Crippen LogP contribution in [0.25, 0.3) is 0 Å². The molecule has 0 saturated heterocycles. The second kappa shape index (κ2) is 3.30. The molecule has 0 aromatic carbocycles. The van der Waals surface area contributed by atoms with E-state index in [4.69, 9.17) is 4.74 Å². The molecule has 2 atom stereocenters. The molecule has 0 radical (unpaired) electrons. The molecule has 2 aliphatic carbocycles. The van der Waals surface area contributed by atoms with Gasteiger partial charge in [-0.2, -0.15) is 0 Å². The van der Waals surface area contributed by atoms with E-state index >= 15 is 0 Å². The summed E-state index contributed by atoms with van der Waals surface area (Å²) in [6.07, 6.45) is 1.28. The number of methoxy groups -OCH3 is 2. The average Bonchev–Trinajstić information content (AvgIpc) is 2.81. The maximum Gasteiger partial charge on any atom is 0.319 e. The summed E-state index contributed by atoms with van der Waals surface area (Å²) in [5.74, 6) is -1.08. The van der Waals surface area contributed by atoms with Crippen molar-refractivity contribution in [3.63, 3.8) is 0 Å². The number of ether oxygens (including phenoxy) is 2. The van der Waals surface area contributed by atoms with E-state index in [-0.39, 0.29) is 24.6 Å². The zero-order valence-corrected chi connectivity index (χ0v) is 9.37. The third-order valence-corrected chi connectivity index (χ3v) is 3.90. The number of fused-ring (bicyclic) bond motifs is 2. The van der Waals surface area contributed by atoms with Gasteiger partial charge in [0, 0.05) is 6.42 Å². The van der Waals surface area contributed by atoms with Crippen LogP contribution in [0.4, 0.5) is 0 Å². The van der Waals surface area contributed by atoms with Gasteiger partial charge in [0.25, 0.3) is 0 Å². The highest BCUT2D eigenvalue weighted by molar-refractivity contribution is 6.09. The molecule has 88 valence electrons. The topological polar surface area (TPSA) is 69.7 Å². The molecule has 2 rings (SSSR count). The molecule has 0 N–H and O–H groups in total. The van der Waals surface area contributed by atoms with Crippen molar-refractivity contribution in [2.24, 2.45) is 10.8 Å². The SMILES string of the molecule is COC(=O)C12CCC(C(=O)OC)(C1)C(=O)C2. The first kappa shape index (κ1) is 11.1. The Morgan fingerprint density at radius 1 is 1.12 bits per heavy atom. The molecule has 0 heterocycles. The molecular formula is C11H14O5.